The smallest absolute Gasteiger partial charge is 0.189 e. The van der Waals surface area contributed by atoms with Crippen LogP contribution in [0.2, 0.25) is 0 Å². The molecular weight excluding hydrogens is 3740 g/mol. The Balaban J connectivity index is 0.000000892. The van der Waals surface area contributed by atoms with Gasteiger partial charge in [-0.2, -0.15) is 0 Å². The van der Waals surface area contributed by atoms with E-state index in [0.717, 1.165) is 18.6 Å². The molecule has 9 nitrogen and oxygen atoms in total. The molecule has 58 unspecified atom stereocenters. The van der Waals surface area contributed by atoms with Crippen LogP contribution < -0.4 is 11.1 Å². The predicted molar refractivity (Wildman–Crippen MR) is 1010 cm³/mol. The number of sulfone groups is 1. The zero-order valence-electron chi connectivity index (χ0n) is 75.1. The first-order chi connectivity index (χ1) is 66.0. The number of rotatable bonds is 59. The summed E-state index contributed by atoms with van der Waals surface area (Å²) < 4.78 is 51.1. The molecule has 0 saturated carbocycles. The molecule has 4 aromatic rings. The van der Waals surface area contributed by atoms with E-state index < -0.39 is 377 Å². The van der Waals surface area contributed by atoms with Crippen molar-refractivity contribution in [3.8, 4) is 34.0 Å². The molecule has 1 saturated heterocycles. The molecule has 1 aliphatic rings. The molecule has 59 atom stereocenters. The topological polar surface area (TPSA) is 133 Å². The van der Waals surface area contributed by atoms with Crippen LogP contribution in [0.25, 0.3) is 34.0 Å². The second kappa shape index (κ2) is 92.5. The number of anilines is 1. The zero-order valence-corrected chi connectivity index (χ0v) is 183. The van der Waals surface area contributed by atoms with Gasteiger partial charge in [-0.05, 0) is 406 Å². The Morgan fingerprint density at radius 3 is 0.846 bits per heavy atom. The SMILES string of the molecule is CCC(C)S(=O)(=O)c1ccc(-c2cnc(N)c(-c3cc(-c4ccc(CN[C@H]5CCOC5)cc4F)no3)n2)cc1.PP(P)P(P)P(P(P)P)P(P(P(P(P)P)P(P)P)P(P(P)P)P(P)P)P(P(P(P(P)P)P(P)P)P(P(P)P)P(P)P)P(P(P(P(P(P)P)P(P)P)P(P(P)P)P(P)P)P(P(P(P)P)P(P)P)P(P(P)P)P(P)P)P(P(P(P(P)P)P(P)P)P(P(P)P)P(P)P)P(P(P(P)P)P(P)P)P(P(P)P)P(P)P. The normalized spacial score (nSPS) is 16.0. The maximum absolute atomic E-state index is 15.0. The fraction of sp³-hybridized carbons (Fsp3) is 0.321. The van der Waals surface area contributed by atoms with E-state index in [1.807, 2.05) is 13.0 Å². The molecule has 0 amide bonds. The number of benzene rings is 2. The van der Waals surface area contributed by atoms with Crippen molar-refractivity contribution in [3.05, 3.63) is 66.1 Å². The highest BCUT2D eigenvalue weighted by Crippen LogP contribution is 3.55. The standard InChI is InChI=1S/C28H30FN5O4S.H106P104/c1-3-17(2)39(35,36)21-7-5-19(6-8-21)25-15-32-28(30)27(33-25)26-13-24(34-38-26)22-9-4-18(12-23(22)29)14-31-20-10-11-37-16-20;1-54(2)80(53)93(79(51)52)100(94(81(55(3)4)56(5)6)82(57(7)8)58(9)10)103(99(91(75(43)44)76(45)46)92(77(47)48)78(49)50)104(101(95(83(59(11)12)60(13)14)84(61(15)16)62(17)18)96(85(63(19)20)64(21)22)86(65(23)24)66(25)26)102(97(87(67(27)28)68(29)30)88(69(31)32)70(33)34)98(89(71(35)36)72(37)38)90(73(39)40)74(41)42/h4-9,12-13,15,17,20,31H,3,10-11,14,16H2,1-2H3,(H2,30,32);1-53H2/t17?,20-;/m0./s1. The van der Waals surface area contributed by atoms with Gasteiger partial charge in [0.05, 0.1) is 28.6 Å². The largest absolute Gasteiger partial charge is 0.382 e. The van der Waals surface area contributed by atoms with Gasteiger partial charge in [0.15, 0.2) is 27.1 Å². The fourth-order valence-electron chi connectivity index (χ4n) is 10.7. The van der Waals surface area contributed by atoms with Crippen LogP contribution in [0.5, 0.6) is 0 Å². The number of nitrogen functional groups attached to an aromatic ring is 1. The number of nitrogens with two attached hydrogens (primary N) is 1. The molecule has 115 heteroatoms. The number of hydrogen-bond donors (Lipinski definition) is 2. The minimum absolute atomic E-state index is 0.121. The van der Waals surface area contributed by atoms with Crippen LogP contribution in [0.15, 0.2) is 64.1 Å². The summed E-state index contributed by atoms with van der Waals surface area (Å²) in [5.74, 6) is -0.0635. The summed E-state index contributed by atoms with van der Waals surface area (Å²) in [5, 5.41) is 6.92. The molecule has 0 aliphatic carbocycles. The van der Waals surface area contributed by atoms with Crippen molar-refractivity contribution in [3.63, 3.8) is 0 Å². The molecule has 3 N–H and O–H groups in total. The number of halogens is 1. The lowest BCUT2D eigenvalue weighted by atomic mass is 10.1. The van der Waals surface area contributed by atoms with E-state index >= 15 is 0 Å². The minimum atomic E-state index is -3.40. The second-order valence-electron chi connectivity index (χ2n) is 26.2. The van der Waals surface area contributed by atoms with Gasteiger partial charge < -0.3 is 20.3 Å². The van der Waals surface area contributed by atoms with Gasteiger partial charge in [-0.1, -0.05) is 30.3 Å². The third kappa shape index (κ3) is 57.1. The molecule has 0 spiro atoms. The fourth-order valence-corrected chi connectivity index (χ4v) is 1560. The summed E-state index contributed by atoms with van der Waals surface area (Å²) in [7, 11) is 199. The number of aromatic nitrogens is 3. The highest BCUT2D eigenvalue weighted by atomic mass is 33.7. The van der Waals surface area contributed by atoms with Crippen molar-refractivity contribution in [2.24, 2.45) is 0 Å². The van der Waals surface area contributed by atoms with Gasteiger partial charge in [-0.3, -0.25) is 0 Å². The van der Waals surface area contributed by atoms with E-state index in [1.54, 1.807) is 43.3 Å². The molecule has 0 bridgehead atoms. The van der Waals surface area contributed by atoms with Crippen LogP contribution in [0.3, 0.4) is 0 Å². The van der Waals surface area contributed by atoms with E-state index in [2.05, 4.69) is 494 Å². The number of nitrogens with one attached hydrogen (secondary N) is 1. The van der Waals surface area contributed by atoms with Crippen LogP contribution >= 0.6 is 830 Å². The highest BCUT2D eigenvalue weighted by Gasteiger charge is 2.68. The number of ether oxygens (including phenoxy) is 1. The average Bonchev–Trinajstić information content (AvgIpc) is 1.02. The summed E-state index contributed by atoms with van der Waals surface area (Å²) >= 11 is 0. The van der Waals surface area contributed by atoms with Crippen LogP contribution in [0.4, 0.5) is 10.2 Å². The Morgan fingerprint density at radius 2 is 0.615 bits per heavy atom. The predicted octanol–water partition coefficient (Wildman–Crippen LogP) is 65.8. The zero-order chi connectivity index (χ0) is 110. The summed E-state index contributed by atoms with van der Waals surface area (Å²) in [6.07, 6.45) is 2.97. The molecule has 830 valence electrons. The molecule has 1 aliphatic heterocycles. The van der Waals surface area contributed by atoms with Crippen LogP contribution in [-0.2, 0) is 21.1 Å². The lowest BCUT2D eigenvalue weighted by molar-refractivity contribution is 0.190. The summed E-state index contributed by atoms with van der Waals surface area (Å²) in [6, 6.07) is 13.3. The second-order valence-corrected chi connectivity index (χ2v) is 461. The molecule has 1 fully saturated rings. The monoisotopic (exact) mass is 3880 g/mol. The lowest BCUT2D eigenvalue weighted by Crippen LogP contribution is -2.28. The van der Waals surface area contributed by atoms with Gasteiger partial charge >= 0.3 is 0 Å². The van der Waals surface area contributed by atoms with Gasteiger partial charge in [0.1, 0.15) is 11.5 Å². The van der Waals surface area contributed by atoms with Crippen molar-refractivity contribution < 1.29 is 22.1 Å². The molecule has 5 rings (SSSR count). The van der Waals surface area contributed by atoms with E-state index in [-0.39, 0.29) is 28.2 Å². The van der Waals surface area contributed by atoms with Crippen molar-refractivity contribution in [2.75, 3.05) is 18.9 Å². The summed E-state index contributed by atoms with van der Waals surface area (Å²) in [6.45, 7) is -18.7. The summed E-state index contributed by atoms with van der Waals surface area (Å²) in [4.78, 5) is 9.06. The third-order valence-corrected chi connectivity index (χ3v) is 760. The average molecular weight is 3880 g/mol. The molecule has 143 heavy (non-hydrogen) atoms. The minimum Gasteiger partial charge on any atom is -0.382 e. The van der Waals surface area contributed by atoms with Crippen LogP contribution in [0, 0.1) is 5.82 Å². The number of nitrogens with zero attached hydrogens (tertiary/aromatic N) is 3. The lowest BCUT2D eigenvalue weighted by Gasteiger charge is -2.64. The van der Waals surface area contributed by atoms with Gasteiger partial charge in [0, 0.05) is 36.4 Å². The van der Waals surface area contributed by atoms with E-state index in [4.69, 9.17) is 15.0 Å². The third-order valence-electron chi connectivity index (χ3n) is 16.2. The van der Waals surface area contributed by atoms with E-state index in [0.29, 0.717) is 42.1 Å². The van der Waals surface area contributed by atoms with E-state index in [1.165, 1.54) is 12.3 Å². The van der Waals surface area contributed by atoms with Gasteiger partial charge in [0.25, 0.3) is 0 Å². The van der Waals surface area contributed by atoms with Crippen molar-refractivity contribution in [1.29, 1.82) is 0 Å². The molecular formula is C28H136FN5O4P104S. The van der Waals surface area contributed by atoms with Crippen LogP contribution in [-0.4, -0.2) is 48.0 Å². The Labute approximate surface area is 1040 Å². The van der Waals surface area contributed by atoms with Gasteiger partial charge in [-0.15, -0.1) is 473 Å². The first-order valence-corrected chi connectivity index (χ1v) is 228. The van der Waals surface area contributed by atoms with Crippen molar-refractivity contribution >= 4 is 845 Å². The Kier molecular flexibility index (Phi) is 114. The Morgan fingerprint density at radius 1 is 0.357 bits per heavy atom. The van der Waals surface area contributed by atoms with Crippen LogP contribution in [0.1, 0.15) is 32.3 Å². The van der Waals surface area contributed by atoms with Gasteiger partial charge in [-0.25, -0.2) is 22.8 Å². The quantitative estimate of drug-likeness (QED) is 0.0415. The van der Waals surface area contributed by atoms with Crippen molar-refractivity contribution in [1.82, 2.24) is 20.4 Å². The maximum Gasteiger partial charge on any atom is 0.189 e. The first kappa shape index (κ1) is 176. The Hall–Kier alpha value is 41.0. The first-order valence-electron chi connectivity index (χ1n) is 36.5. The maximum atomic E-state index is 15.0. The molecule has 0 radical (unpaired) electrons. The molecule has 2 aromatic heterocycles. The van der Waals surface area contributed by atoms with E-state index in [9.17, 15) is 12.8 Å². The molecule has 3 heterocycles. The van der Waals surface area contributed by atoms with Gasteiger partial charge in [0.2, 0.25) is 0 Å². The summed E-state index contributed by atoms with van der Waals surface area (Å²) in [5.41, 5.74) is 8.88. The highest BCUT2D eigenvalue weighted by molar-refractivity contribution is 9.61. The Bertz CT molecular complexity index is 4000. The molecule has 2 aromatic carbocycles. The van der Waals surface area contributed by atoms with Crippen molar-refractivity contribution in [2.45, 2.75) is 49.4 Å². The number of hydrogen-bond acceptors (Lipinski definition) is 9.